The molecule has 3 atom stereocenters. The summed E-state index contributed by atoms with van der Waals surface area (Å²) in [6, 6.07) is 0. The molecule has 0 bridgehead atoms. The first-order valence-electron chi connectivity index (χ1n) is 8.61. The van der Waals surface area contributed by atoms with E-state index in [0.717, 1.165) is 19.3 Å². The summed E-state index contributed by atoms with van der Waals surface area (Å²) in [6.07, 6.45) is 3.55. The van der Waals surface area contributed by atoms with E-state index in [1.54, 1.807) is 13.0 Å². The standard InChI is InChI=1S/C7H10O3.C6H8O3.C6H10O2/c1-5(2)7(8)10-4-6-3-9-6;1-2-6(7)9-4-5-3-8-5;1-2-3-7-4-6-5-8-6/h6H,1,3-4H2,2H3;2,5H,1,3-4H2;2,6H,1,3-5H2. The zero-order valence-corrected chi connectivity index (χ0v) is 15.7. The molecular formula is C19H28O8. The van der Waals surface area contributed by atoms with Gasteiger partial charge in [-0.25, -0.2) is 9.59 Å². The fourth-order valence-corrected chi connectivity index (χ4v) is 1.30. The van der Waals surface area contributed by atoms with Gasteiger partial charge in [0, 0.05) is 11.6 Å². The first-order valence-corrected chi connectivity index (χ1v) is 8.61. The van der Waals surface area contributed by atoms with Gasteiger partial charge in [-0.15, -0.1) is 6.58 Å². The molecule has 3 rings (SSSR count). The van der Waals surface area contributed by atoms with Crippen molar-refractivity contribution in [3.05, 3.63) is 37.5 Å². The Bertz CT molecular complexity index is 504. The van der Waals surface area contributed by atoms with E-state index in [0.29, 0.717) is 44.7 Å². The van der Waals surface area contributed by atoms with Crippen LogP contribution in [0.25, 0.3) is 0 Å². The summed E-state index contributed by atoms with van der Waals surface area (Å²) < 4.78 is 29.0. The molecule has 3 fully saturated rings. The molecule has 0 aromatic rings. The average Bonchev–Trinajstić information content (AvgIpc) is 3.49. The highest BCUT2D eigenvalue weighted by molar-refractivity contribution is 5.86. The first-order chi connectivity index (χ1) is 13.0. The normalized spacial score (nSPS) is 23.2. The number of ether oxygens (including phenoxy) is 6. The van der Waals surface area contributed by atoms with Crippen LogP contribution in [0.2, 0.25) is 0 Å². The molecule has 0 aromatic heterocycles. The number of rotatable bonds is 10. The average molecular weight is 384 g/mol. The SMILES string of the molecule is C=C(C)C(=O)OCC1CO1.C=CC(=O)OCC1CO1.C=CCOCC1CO1. The molecule has 27 heavy (non-hydrogen) atoms. The molecule has 3 aliphatic heterocycles. The van der Waals surface area contributed by atoms with Gasteiger partial charge in [0.2, 0.25) is 0 Å². The van der Waals surface area contributed by atoms with Crippen LogP contribution in [0.1, 0.15) is 6.92 Å². The minimum Gasteiger partial charge on any atom is -0.460 e. The maximum Gasteiger partial charge on any atom is 0.333 e. The predicted octanol–water partition coefficient (Wildman–Crippen LogP) is 1.21. The zero-order valence-electron chi connectivity index (χ0n) is 15.7. The number of hydrogen-bond acceptors (Lipinski definition) is 8. The van der Waals surface area contributed by atoms with Gasteiger partial charge in [-0.05, 0) is 6.92 Å². The van der Waals surface area contributed by atoms with Crippen molar-refractivity contribution in [2.45, 2.75) is 25.2 Å². The topological polar surface area (TPSA) is 99.4 Å². The van der Waals surface area contributed by atoms with E-state index in [-0.39, 0.29) is 24.1 Å². The number of epoxide rings is 3. The molecular weight excluding hydrogens is 356 g/mol. The van der Waals surface area contributed by atoms with Gasteiger partial charge in [0.1, 0.15) is 31.5 Å². The Morgan fingerprint density at radius 2 is 1.44 bits per heavy atom. The van der Waals surface area contributed by atoms with Crippen molar-refractivity contribution in [2.75, 3.05) is 46.2 Å². The van der Waals surface area contributed by atoms with Gasteiger partial charge in [0.15, 0.2) is 0 Å². The highest BCUT2D eigenvalue weighted by Gasteiger charge is 2.24. The Morgan fingerprint density at radius 3 is 1.85 bits per heavy atom. The summed E-state index contributed by atoms with van der Waals surface area (Å²) in [5.74, 6) is -0.721. The second-order valence-electron chi connectivity index (χ2n) is 5.91. The lowest BCUT2D eigenvalue weighted by atomic mass is 10.4. The van der Waals surface area contributed by atoms with Crippen molar-refractivity contribution in [1.29, 1.82) is 0 Å². The molecule has 0 aliphatic carbocycles. The monoisotopic (exact) mass is 384 g/mol. The summed E-state index contributed by atoms with van der Waals surface area (Å²) in [5.41, 5.74) is 0.431. The number of hydrogen-bond donors (Lipinski definition) is 0. The van der Waals surface area contributed by atoms with Crippen molar-refractivity contribution in [1.82, 2.24) is 0 Å². The molecule has 8 nitrogen and oxygen atoms in total. The summed E-state index contributed by atoms with van der Waals surface area (Å²) in [4.78, 5) is 21.0. The summed E-state index contributed by atoms with van der Waals surface area (Å²) in [5, 5.41) is 0. The fourth-order valence-electron chi connectivity index (χ4n) is 1.30. The molecule has 0 radical (unpaired) electrons. The Labute approximate surface area is 159 Å². The lowest BCUT2D eigenvalue weighted by molar-refractivity contribution is -0.139. The largest absolute Gasteiger partial charge is 0.460 e. The summed E-state index contributed by atoms with van der Waals surface area (Å²) in [6.45, 7) is 16.2. The van der Waals surface area contributed by atoms with Crippen molar-refractivity contribution >= 4 is 11.9 Å². The van der Waals surface area contributed by atoms with Gasteiger partial charge < -0.3 is 28.4 Å². The Kier molecular flexibility index (Phi) is 11.3. The van der Waals surface area contributed by atoms with E-state index < -0.39 is 0 Å². The molecule has 152 valence electrons. The molecule has 8 heteroatoms. The molecule has 3 aliphatic rings. The van der Waals surface area contributed by atoms with E-state index in [9.17, 15) is 9.59 Å². The Balaban J connectivity index is 0.000000204. The molecule has 0 amide bonds. The molecule has 3 heterocycles. The van der Waals surface area contributed by atoms with Crippen LogP contribution in [0.5, 0.6) is 0 Å². The van der Waals surface area contributed by atoms with Crippen LogP contribution in [0, 0.1) is 0 Å². The van der Waals surface area contributed by atoms with Crippen LogP contribution < -0.4 is 0 Å². The van der Waals surface area contributed by atoms with E-state index in [1.165, 1.54) is 0 Å². The van der Waals surface area contributed by atoms with Crippen LogP contribution in [0.15, 0.2) is 37.5 Å². The van der Waals surface area contributed by atoms with Gasteiger partial charge >= 0.3 is 11.9 Å². The van der Waals surface area contributed by atoms with Crippen LogP contribution in [-0.2, 0) is 38.0 Å². The van der Waals surface area contributed by atoms with Crippen LogP contribution in [-0.4, -0.2) is 76.5 Å². The molecule has 3 unspecified atom stereocenters. The van der Waals surface area contributed by atoms with E-state index in [1.807, 2.05) is 0 Å². The molecule has 0 N–H and O–H groups in total. The van der Waals surface area contributed by atoms with Crippen LogP contribution in [0.4, 0.5) is 0 Å². The third kappa shape index (κ3) is 14.8. The molecule has 0 saturated carbocycles. The third-order valence-electron chi connectivity index (χ3n) is 3.07. The molecule has 3 saturated heterocycles. The Hall–Kier alpha value is -2.00. The van der Waals surface area contributed by atoms with Gasteiger partial charge in [0.05, 0.1) is 33.0 Å². The van der Waals surface area contributed by atoms with Gasteiger partial charge in [0.25, 0.3) is 0 Å². The van der Waals surface area contributed by atoms with Gasteiger partial charge in [-0.3, -0.25) is 0 Å². The Morgan fingerprint density at radius 1 is 0.963 bits per heavy atom. The summed E-state index contributed by atoms with van der Waals surface area (Å²) >= 11 is 0. The van der Waals surface area contributed by atoms with Crippen LogP contribution >= 0.6 is 0 Å². The van der Waals surface area contributed by atoms with Crippen molar-refractivity contribution in [2.24, 2.45) is 0 Å². The highest BCUT2D eigenvalue weighted by atomic mass is 16.6. The smallest absolute Gasteiger partial charge is 0.333 e. The zero-order chi connectivity index (χ0) is 20.1. The van der Waals surface area contributed by atoms with E-state index >= 15 is 0 Å². The van der Waals surface area contributed by atoms with E-state index in [4.69, 9.17) is 23.7 Å². The first kappa shape index (κ1) is 23.0. The fraction of sp³-hybridized carbons (Fsp3) is 0.579. The number of esters is 2. The maximum absolute atomic E-state index is 10.7. The predicted molar refractivity (Wildman–Crippen MR) is 97.2 cm³/mol. The van der Waals surface area contributed by atoms with Crippen molar-refractivity contribution in [3.63, 3.8) is 0 Å². The van der Waals surface area contributed by atoms with E-state index in [2.05, 4.69) is 24.5 Å². The highest BCUT2D eigenvalue weighted by Crippen LogP contribution is 2.09. The third-order valence-corrected chi connectivity index (χ3v) is 3.07. The molecule has 0 aromatic carbocycles. The second kappa shape index (κ2) is 13.2. The lowest BCUT2D eigenvalue weighted by Crippen LogP contribution is -2.09. The summed E-state index contributed by atoms with van der Waals surface area (Å²) in [7, 11) is 0. The number of carbonyl (C=O) groups excluding carboxylic acids is 2. The van der Waals surface area contributed by atoms with Gasteiger partial charge in [-0.1, -0.05) is 19.2 Å². The lowest BCUT2D eigenvalue weighted by Gasteiger charge is -1.99. The minimum atomic E-state index is -0.384. The second-order valence-corrected chi connectivity index (χ2v) is 5.91. The number of carbonyl (C=O) groups is 2. The molecule has 0 spiro atoms. The maximum atomic E-state index is 10.7. The van der Waals surface area contributed by atoms with Crippen molar-refractivity contribution < 1.29 is 38.0 Å². The van der Waals surface area contributed by atoms with Gasteiger partial charge in [-0.2, -0.15) is 0 Å². The van der Waals surface area contributed by atoms with Crippen molar-refractivity contribution in [3.8, 4) is 0 Å². The van der Waals surface area contributed by atoms with Crippen LogP contribution in [0.3, 0.4) is 0 Å². The quantitative estimate of drug-likeness (QED) is 0.182. The minimum absolute atomic E-state index is 0.142.